The molecule has 0 fully saturated rings. The second-order valence-corrected chi connectivity index (χ2v) is 7.04. The molecule has 0 spiro atoms. The maximum absolute atomic E-state index is 11.6. The van der Waals surface area contributed by atoms with Gasteiger partial charge in [0.15, 0.2) is 4.34 Å². The van der Waals surface area contributed by atoms with Crippen LogP contribution in [-0.2, 0) is 9.53 Å². The van der Waals surface area contributed by atoms with Gasteiger partial charge in [0.25, 0.3) is 0 Å². The van der Waals surface area contributed by atoms with Gasteiger partial charge < -0.3 is 15.4 Å². The quantitative estimate of drug-likeness (QED) is 0.478. The molecule has 6 nitrogen and oxygen atoms in total. The zero-order valence-corrected chi connectivity index (χ0v) is 14.5. The highest BCUT2D eigenvalue weighted by Gasteiger charge is 2.08. The fraction of sp³-hybridized carbons (Fsp3) is 0.769. The van der Waals surface area contributed by atoms with Crippen molar-refractivity contribution < 1.29 is 9.53 Å². The van der Waals surface area contributed by atoms with Crippen LogP contribution in [0.25, 0.3) is 0 Å². The van der Waals surface area contributed by atoms with Crippen LogP contribution in [0.1, 0.15) is 27.2 Å². The average Bonchev–Trinajstić information content (AvgIpc) is 2.90. The third-order valence-corrected chi connectivity index (χ3v) is 4.40. The number of rotatable bonds is 11. The predicted molar refractivity (Wildman–Crippen MR) is 88.1 cm³/mol. The van der Waals surface area contributed by atoms with Gasteiger partial charge in [-0.1, -0.05) is 36.9 Å². The van der Waals surface area contributed by atoms with Crippen molar-refractivity contribution in [2.24, 2.45) is 5.92 Å². The third-order valence-electron chi connectivity index (χ3n) is 2.39. The summed E-state index contributed by atoms with van der Waals surface area (Å²) in [5, 5.41) is 15.0. The van der Waals surface area contributed by atoms with E-state index in [-0.39, 0.29) is 5.91 Å². The van der Waals surface area contributed by atoms with E-state index in [1.807, 2.05) is 6.92 Å². The molecule has 0 aliphatic heterocycles. The molecule has 1 aromatic heterocycles. The molecule has 0 saturated carbocycles. The highest BCUT2D eigenvalue weighted by Crippen LogP contribution is 2.25. The van der Waals surface area contributed by atoms with Gasteiger partial charge in [-0.25, -0.2) is 0 Å². The maximum Gasteiger partial charge on any atom is 0.230 e. The Morgan fingerprint density at radius 1 is 1.43 bits per heavy atom. The van der Waals surface area contributed by atoms with Crippen LogP contribution in [-0.4, -0.2) is 48.2 Å². The number of thioether (sulfide) groups is 1. The Morgan fingerprint density at radius 3 is 2.95 bits per heavy atom. The maximum atomic E-state index is 11.6. The molecule has 0 unspecified atom stereocenters. The Labute approximate surface area is 134 Å². The number of hydrogen-bond acceptors (Lipinski definition) is 7. The molecule has 120 valence electrons. The Morgan fingerprint density at radius 2 is 2.24 bits per heavy atom. The van der Waals surface area contributed by atoms with Crippen molar-refractivity contribution in [2.75, 3.05) is 37.4 Å². The van der Waals surface area contributed by atoms with Gasteiger partial charge in [0.2, 0.25) is 11.0 Å². The molecular formula is C13H24N4O2S2. The summed E-state index contributed by atoms with van der Waals surface area (Å²) in [4.78, 5) is 11.6. The van der Waals surface area contributed by atoms with Gasteiger partial charge in [-0.2, -0.15) is 0 Å². The molecule has 0 radical (unpaired) electrons. The summed E-state index contributed by atoms with van der Waals surface area (Å²) < 4.78 is 6.07. The van der Waals surface area contributed by atoms with E-state index in [1.165, 1.54) is 23.1 Å². The van der Waals surface area contributed by atoms with Gasteiger partial charge in [-0.15, -0.1) is 10.2 Å². The Bertz CT molecular complexity index is 413. The molecule has 1 rings (SSSR count). The summed E-state index contributed by atoms with van der Waals surface area (Å²) in [5.74, 6) is 0.884. The summed E-state index contributed by atoms with van der Waals surface area (Å²) in [6.45, 7) is 9.15. The lowest BCUT2D eigenvalue weighted by atomic mass is 10.2. The number of ether oxygens (including phenoxy) is 1. The second kappa shape index (κ2) is 10.8. The van der Waals surface area contributed by atoms with Crippen molar-refractivity contribution in [3.8, 4) is 0 Å². The van der Waals surface area contributed by atoms with E-state index >= 15 is 0 Å². The van der Waals surface area contributed by atoms with Gasteiger partial charge in [0.05, 0.1) is 5.75 Å². The number of amides is 1. The minimum Gasteiger partial charge on any atom is -0.382 e. The number of anilines is 1. The molecule has 1 amide bonds. The van der Waals surface area contributed by atoms with Gasteiger partial charge in [-0.3, -0.25) is 4.79 Å². The van der Waals surface area contributed by atoms with Gasteiger partial charge in [0.1, 0.15) is 0 Å². The third kappa shape index (κ3) is 8.90. The van der Waals surface area contributed by atoms with Crippen LogP contribution in [0, 0.1) is 5.92 Å². The van der Waals surface area contributed by atoms with Crippen LogP contribution in [0.5, 0.6) is 0 Å². The van der Waals surface area contributed by atoms with E-state index in [4.69, 9.17) is 4.74 Å². The second-order valence-electron chi connectivity index (χ2n) is 4.84. The Balaban J connectivity index is 2.18. The standard InChI is InChI=1S/C13H24N4O2S2/c1-4-19-7-5-6-14-12-16-17-13(21-12)20-9-11(18)15-8-10(2)3/h10H,4-9H2,1-3H3,(H,14,16)(H,15,18). The largest absolute Gasteiger partial charge is 0.382 e. The SMILES string of the molecule is CCOCCCNc1nnc(SCC(=O)NCC(C)C)s1. The van der Waals surface area contributed by atoms with E-state index in [1.54, 1.807) is 0 Å². The molecular weight excluding hydrogens is 308 g/mol. The van der Waals surface area contributed by atoms with Crippen molar-refractivity contribution in [1.82, 2.24) is 15.5 Å². The van der Waals surface area contributed by atoms with Crippen LogP contribution in [0.2, 0.25) is 0 Å². The number of nitrogens with zero attached hydrogens (tertiary/aromatic N) is 2. The predicted octanol–water partition coefficient (Wildman–Crippen LogP) is 2.24. The molecule has 0 bridgehead atoms. The lowest BCUT2D eigenvalue weighted by molar-refractivity contribution is -0.118. The molecule has 0 aliphatic rings. The normalized spacial score (nSPS) is 10.9. The van der Waals surface area contributed by atoms with Crippen molar-refractivity contribution in [2.45, 2.75) is 31.5 Å². The van der Waals surface area contributed by atoms with E-state index < -0.39 is 0 Å². The number of carbonyl (C=O) groups excluding carboxylic acids is 1. The van der Waals surface area contributed by atoms with Gasteiger partial charge in [-0.05, 0) is 19.3 Å². The van der Waals surface area contributed by atoms with Crippen LogP contribution in [0.4, 0.5) is 5.13 Å². The van der Waals surface area contributed by atoms with Crippen LogP contribution in [0.15, 0.2) is 4.34 Å². The van der Waals surface area contributed by atoms with Gasteiger partial charge in [0, 0.05) is 26.3 Å². The Hall–Kier alpha value is -0.860. The van der Waals surface area contributed by atoms with E-state index in [0.717, 1.165) is 35.7 Å². The molecule has 0 saturated heterocycles. The first-order valence-electron chi connectivity index (χ1n) is 7.16. The van der Waals surface area contributed by atoms with Crippen molar-refractivity contribution in [3.63, 3.8) is 0 Å². The van der Waals surface area contributed by atoms with Gasteiger partial charge >= 0.3 is 0 Å². The van der Waals surface area contributed by atoms with E-state index in [0.29, 0.717) is 18.2 Å². The zero-order valence-electron chi connectivity index (χ0n) is 12.8. The summed E-state index contributed by atoms with van der Waals surface area (Å²) in [6, 6.07) is 0. The van der Waals surface area contributed by atoms with Crippen LogP contribution < -0.4 is 10.6 Å². The lowest BCUT2D eigenvalue weighted by Crippen LogP contribution is -2.28. The smallest absolute Gasteiger partial charge is 0.230 e. The number of aromatic nitrogens is 2. The summed E-state index contributed by atoms with van der Waals surface area (Å²) in [6.07, 6.45) is 0.938. The highest BCUT2D eigenvalue weighted by atomic mass is 32.2. The molecule has 1 aromatic rings. The summed E-state index contributed by atoms with van der Waals surface area (Å²) >= 11 is 2.89. The first kappa shape index (κ1) is 18.2. The molecule has 2 N–H and O–H groups in total. The van der Waals surface area contributed by atoms with Crippen LogP contribution in [0.3, 0.4) is 0 Å². The molecule has 8 heteroatoms. The summed E-state index contributed by atoms with van der Waals surface area (Å²) in [7, 11) is 0. The number of hydrogen-bond donors (Lipinski definition) is 2. The molecule has 0 aromatic carbocycles. The molecule has 21 heavy (non-hydrogen) atoms. The van der Waals surface area contributed by atoms with E-state index in [2.05, 4.69) is 34.7 Å². The Kier molecular flexibility index (Phi) is 9.36. The molecule has 0 atom stereocenters. The average molecular weight is 332 g/mol. The van der Waals surface area contributed by atoms with E-state index in [9.17, 15) is 4.79 Å². The first-order chi connectivity index (χ1) is 10.1. The summed E-state index contributed by atoms with van der Waals surface area (Å²) in [5.41, 5.74) is 0. The lowest BCUT2D eigenvalue weighted by Gasteiger charge is -2.06. The fourth-order valence-corrected chi connectivity index (χ4v) is 2.96. The topological polar surface area (TPSA) is 76.1 Å². The minimum absolute atomic E-state index is 0.0372. The zero-order chi connectivity index (χ0) is 15.5. The van der Waals surface area contributed by atoms with Crippen molar-refractivity contribution in [3.05, 3.63) is 0 Å². The van der Waals surface area contributed by atoms with Crippen LogP contribution >= 0.6 is 23.1 Å². The minimum atomic E-state index is 0.0372. The van der Waals surface area contributed by atoms with Crippen molar-refractivity contribution >= 4 is 34.1 Å². The molecule has 1 heterocycles. The number of carbonyl (C=O) groups is 1. The highest BCUT2D eigenvalue weighted by molar-refractivity contribution is 8.01. The van der Waals surface area contributed by atoms with Crippen molar-refractivity contribution in [1.29, 1.82) is 0 Å². The molecule has 0 aliphatic carbocycles. The monoisotopic (exact) mass is 332 g/mol. The number of nitrogens with one attached hydrogen (secondary N) is 2. The first-order valence-corrected chi connectivity index (χ1v) is 8.96. The fourth-order valence-electron chi connectivity index (χ4n) is 1.35.